The molecule has 0 bridgehead atoms. The van der Waals surface area contributed by atoms with E-state index in [1.807, 2.05) is 49.5 Å². The zero-order valence-corrected chi connectivity index (χ0v) is 13.6. The van der Waals surface area contributed by atoms with E-state index >= 15 is 0 Å². The van der Waals surface area contributed by atoms with Crippen LogP contribution < -0.4 is 4.90 Å². The summed E-state index contributed by atoms with van der Waals surface area (Å²) in [5.41, 5.74) is 5.04. The van der Waals surface area contributed by atoms with Gasteiger partial charge in [0.2, 0.25) is 0 Å². The van der Waals surface area contributed by atoms with Gasteiger partial charge in [0.1, 0.15) is 0 Å². The van der Waals surface area contributed by atoms with Gasteiger partial charge in [0.25, 0.3) is 5.91 Å². The van der Waals surface area contributed by atoms with Crippen LogP contribution in [0.2, 0.25) is 0 Å². The first-order chi connectivity index (χ1) is 11.2. The van der Waals surface area contributed by atoms with Gasteiger partial charge in [0.05, 0.1) is 11.3 Å². The SMILES string of the molecule is COCCC/C(=C1/C(=O)N(C)c2ccccc21)c1ccccc1. The van der Waals surface area contributed by atoms with E-state index in [0.29, 0.717) is 6.61 Å². The van der Waals surface area contributed by atoms with Crippen LogP contribution in [0.3, 0.4) is 0 Å². The zero-order valence-electron chi connectivity index (χ0n) is 13.6. The molecule has 2 aromatic rings. The third-order valence-electron chi connectivity index (χ3n) is 4.25. The Morgan fingerprint density at radius 1 is 1.04 bits per heavy atom. The fourth-order valence-electron chi connectivity index (χ4n) is 3.11. The van der Waals surface area contributed by atoms with Gasteiger partial charge in [-0.2, -0.15) is 0 Å². The second-order valence-corrected chi connectivity index (χ2v) is 5.70. The van der Waals surface area contributed by atoms with Gasteiger partial charge in [0, 0.05) is 26.3 Å². The maximum absolute atomic E-state index is 12.8. The molecule has 0 saturated heterocycles. The first-order valence-electron chi connectivity index (χ1n) is 7.89. The molecule has 2 aromatic carbocycles. The maximum atomic E-state index is 12.8. The van der Waals surface area contributed by atoms with Gasteiger partial charge >= 0.3 is 0 Å². The van der Waals surface area contributed by atoms with Gasteiger partial charge in [0.15, 0.2) is 0 Å². The molecule has 23 heavy (non-hydrogen) atoms. The molecule has 3 rings (SSSR count). The predicted molar refractivity (Wildman–Crippen MR) is 94.2 cm³/mol. The highest BCUT2D eigenvalue weighted by Gasteiger charge is 2.31. The number of allylic oxidation sites excluding steroid dienone is 1. The standard InChI is InChI=1S/C20H21NO2/c1-21-18-13-7-6-11-17(18)19(20(21)22)16(12-8-14-23-2)15-9-4-3-5-10-15/h3-7,9-11,13H,8,12,14H2,1-2H3/b19-16-. The quantitative estimate of drug-likeness (QED) is 0.617. The van der Waals surface area contributed by atoms with E-state index in [-0.39, 0.29) is 5.91 Å². The van der Waals surface area contributed by atoms with Crippen molar-refractivity contribution in [2.24, 2.45) is 0 Å². The van der Waals surface area contributed by atoms with Crippen molar-refractivity contribution in [3.05, 3.63) is 65.7 Å². The number of hydrogen-bond acceptors (Lipinski definition) is 2. The average molecular weight is 307 g/mol. The van der Waals surface area contributed by atoms with Crippen LogP contribution in [0, 0.1) is 0 Å². The van der Waals surface area contributed by atoms with Crippen molar-refractivity contribution >= 4 is 22.7 Å². The Kier molecular flexibility index (Phi) is 4.58. The second kappa shape index (κ2) is 6.80. The summed E-state index contributed by atoms with van der Waals surface area (Å²) >= 11 is 0. The van der Waals surface area contributed by atoms with Crippen molar-refractivity contribution in [1.82, 2.24) is 0 Å². The van der Waals surface area contributed by atoms with E-state index in [0.717, 1.165) is 40.8 Å². The summed E-state index contributed by atoms with van der Waals surface area (Å²) in [6.45, 7) is 0.690. The van der Waals surface area contributed by atoms with E-state index in [1.165, 1.54) is 0 Å². The lowest BCUT2D eigenvalue weighted by Gasteiger charge is -2.12. The van der Waals surface area contributed by atoms with E-state index in [9.17, 15) is 4.79 Å². The smallest absolute Gasteiger partial charge is 0.259 e. The third-order valence-corrected chi connectivity index (χ3v) is 4.25. The van der Waals surface area contributed by atoms with Crippen LogP contribution in [0.25, 0.3) is 11.1 Å². The number of benzene rings is 2. The molecule has 0 atom stereocenters. The van der Waals surface area contributed by atoms with Crippen molar-refractivity contribution in [3.8, 4) is 0 Å². The molecule has 0 fully saturated rings. The molecule has 0 saturated carbocycles. The predicted octanol–water partition coefficient (Wildman–Crippen LogP) is 4.00. The Bertz CT molecular complexity index is 734. The molecular formula is C20H21NO2. The van der Waals surface area contributed by atoms with Crippen molar-refractivity contribution in [1.29, 1.82) is 0 Å². The normalized spacial score (nSPS) is 15.7. The number of nitrogens with zero attached hydrogens (tertiary/aromatic N) is 1. The van der Waals surface area contributed by atoms with Crippen molar-refractivity contribution in [3.63, 3.8) is 0 Å². The Hall–Kier alpha value is -2.39. The summed E-state index contributed by atoms with van der Waals surface area (Å²) in [5.74, 6) is 0.0717. The molecular weight excluding hydrogens is 286 g/mol. The monoisotopic (exact) mass is 307 g/mol. The lowest BCUT2D eigenvalue weighted by atomic mass is 9.92. The summed E-state index contributed by atoms with van der Waals surface area (Å²) in [5, 5.41) is 0. The highest BCUT2D eigenvalue weighted by atomic mass is 16.5. The van der Waals surface area contributed by atoms with E-state index in [2.05, 4.69) is 12.1 Å². The number of likely N-dealkylation sites (N-methyl/N-ethyl adjacent to an activating group) is 1. The molecule has 0 radical (unpaired) electrons. The molecule has 3 nitrogen and oxygen atoms in total. The summed E-state index contributed by atoms with van der Waals surface area (Å²) in [4.78, 5) is 14.6. The van der Waals surface area contributed by atoms with Crippen molar-refractivity contribution in [2.45, 2.75) is 12.8 Å². The summed E-state index contributed by atoms with van der Waals surface area (Å²) in [7, 11) is 3.55. The summed E-state index contributed by atoms with van der Waals surface area (Å²) in [6.07, 6.45) is 1.71. The van der Waals surface area contributed by atoms with Gasteiger partial charge in [-0.1, -0.05) is 48.5 Å². The second-order valence-electron chi connectivity index (χ2n) is 5.70. The fourth-order valence-corrected chi connectivity index (χ4v) is 3.11. The Morgan fingerprint density at radius 2 is 1.74 bits per heavy atom. The number of para-hydroxylation sites is 1. The lowest BCUT2D eigenvalue weighted by molar-refractivity contribution is -0.112. The minimum Gasteiger partial charge on any atom is -0.385 e. The van der Waals surface area contributed by atoms with Crippen LogP contribution in [0.4, 0.5) is 5.69 Å². The van der Waals surface area contributed by atoms with Gasteiger partial charge in [-0.3, -0.25) is 4.79 Å². The number of fused-ring (bicyclic) bond motifs is 1. The van der Waals surface area contributed by atoms with E-state index in [1.54, 1.807) is 12.0 Å². The first-order valence-corrected chi connectivity index (χ1v) is 7.89. The van der Waals surface area contributed by atoms with Crippen LogP contribution in [0.15, 0.2) is 54.6 Å². The number of amides is 1. The maximum Gasteiger partial charge on any atom is 0.259 e. The van der Waals surface area contributed by atoms with Gasteiger partial charge in [-0.25, -0.2) is 0 Å². The van der Waals surface area contributed by atoms with Gasteiger partial charge in [-0.15, -0.1) is 0 Å². The number of carbonyl (C=O) groups excluding carboxylic acids is 1. The molecule has 0 spiro atoms. The molecule has 0 N–H and O–H groups in total. The van der Waals surface area contributed by atoms with Crippen LogP contribution in [0.5, 0.6) is 0 Å². The van der Waals surface area contributed by atoms with Crippen molar-refractivity contribution < 1.29 is 9.53 Å². The van der Waals surface area contributed by atoms with E-state index < -0.39 is 0 Å². The average Bonchev–Trinajstić information content (AvgIpc) is 2.85. The molecule has 0 unspecified atom stereocenters. The molecule has 1 aliphatic heterocycles. The van der Waals surface area contributed by atoms with E-state index in [4.69, 9.17) is 4.74 Å². The minimum atomic E-state index is 0.0717. The molecule has 0 aliphatic carbocycles. The minimum absolute atomic E-state index is 0.0717. The fraction of sp³-hybridized carbons (Fsp3) is 0.250. The lowest BCUT2D eigenvalue weighted by Crippen LogP contribution is -2.20. The van der Waals surface area contributed by atoms with Crippen LogP contribution in [0.1, 0.15) is 24.0 Å². The number of rotatable bonds is 5. The molecule has 0 aromatic heterocycles. The third kappa shape index (κ3) is 2.92. The highest BCUT2D eigenvalue weighted by Crippen LogP contribution is 2.41. The summed E-state index contributed by atoms with van der Waals surface area (Å²) in [6, 6.07) is 18.2. The van der Waals surface area contributed by atoms with Crippen molar-refractivity contribution in [2.75, 3.05) is 25.7 Å². The van der Waals surface area contributed by atoms with Gasteiger partial charge < -0.3 is 9.64 Å². The highest BCUT2D eigenvalue weighted by molar-refractivity contribution is 6.37. The molecule has 1 aliphatic rings. The molecule has 118 valence electrons. The topological polar surface area (TPSA) is 29.5 Å². The number of ether oxygens (including phenoxy) is 1. The van der Waals surface area contributed by atoms with Crippen LogP contribution >= 0.6 is 0 Å². The number of hydrogen-bond donors (Lipinski definition) is 0. The Labute approximate surface area is 137 Å². The summed E-state index contributed by atoms with van der Waals surface area (Å²) < 4.78 is 5.19. The largest absolute Gasteiger partial charge is 0.385 e. The number of methoxy groups -OCH3 is 1. The molecule has 3 heteroatoms. The van der Waals surface area contributed by atoms with Gasteiger partial charge in [-0.05, 0) is 30.0 Å². The van der Waals surface area contributed by atoms with Crippen LogP contribution in [-0.2, 0) is 9.53 Å². The Balaban J connectivity index is 2.14. The van der Waals surface area contributed by atoms with Crippen LogP contribution in [-0.4, -0.2) is 26.7 Å². The molecule has 1 amide bonds. The Morgan fingerprint density at radius 3 is 2.48 bits per heavy atom. The first kappa shape index (κ1) is 15.5. The number of anilines is 1. The zero-order chi connectivity index (χ0) is 16.2. The molecule has 1 heterocycles. The number of carbonyl (C=O) groups is 1.